The Morgan fingerprint density at radius 3 is 2.36 bits per heavy atom. The molecule has 1 atom stereocenters. The molecule has 14 heavy (non-hydrogen) atoms. The molecule has 3 nitrogen and oxygen atoms in total. The summed E-state index contributed by atoms with van der Waals surface area (Å²) < 4.78 is 20.3. The Kier molecular flexibility index (Phi) is 3.20. The summed E-state index contributed by atoms with van der Waals surface area (Å²) >= 11 is 2.08. The third-order valence-corrected chi connectivity index (χ3v) is 5.16. The molecule has 0 aliphatic rings. The summed E-state index contributed by atoms with van der Waals surface area (Å²) in [6.45, 7) is 5.42. The van der Waals surface area contributed by atoms with Gasteiger partial charge in [-0.25, -0.2) is 14.0 Å². The molecule has 1 N–H and O–H groups in total. The zero-order valence-electron chi connectivity index (χ0n) is 8.37. The van der Waals surface area contributed by atoms with Gasteiger partial charge in [0.2, 0.25) is 0 Å². The minimum absolute atomic E-state index is 0.505. The fourth-order valence-electron chi connectivity index (χ4n) is 0.886. The number of nitrogens with zero attached hydrogens (tertiary/aromatic N) is 1. The van der Waals surface area contributed by atoms with Gasteiger partial charge in [0.05, 0.1) is 14.6 Å². The van der Waals surface area contributed by atoms with Crippen molar-refractivity contribution in [1.29, 1.82) is 4.78 Å². The smallest absolute Gasteiger partial charge is 0.101 e. The van der Waals surface area contributed by atoms with Gasteiger partial charge < -0.3 is 0 Å². The number of pyridine rings is 1. The van der Waals surface area contributed by atoms with Crippen molar-refractivity contribution in [3.63, 3.8) is 0 Å². The van der Waals surface area contributed by atoms with Crippen molar-refractivity contribution in [2.45, 2.75) is 30.4 Å². The Bertz CT molecular complexity index is 417. The van der Waals surface area contributed by atoms with Crippen LogP contribution in [0.4, 0.5) is 0 Å². The highest BCUT2D eigenvalue weighted by Crippen LogP contribution is 2.24. The quantitative estimate of drug-likeness (QED) is 0.638. The second-order valence-corrected chi connectivity index (χ2v) is 7.90. The van der Waals surface area contributed by atoms with E-state index in [0.29, 0.717) is 4.90 Å². The fourth-order valence-corrected chi connectivity index (χ4v) is 2.37. The van der Waals surface area contributed by atoms with E-state index < -0.39 is 14.5 Å². The maximum Gasteiger partial charge on any atom is 0.101 e. The molecule has 0 aliphatic heterocycles. The first-order valence-corrected chi connectivity index (χ1v) is 6.79. The topological polar surface area (TPSA) is 53.8 Å². The highest BCUT2D eigenvalue weighted by molar-refractivity contribution is 14.1. The van der Waals surface area contributed by atoms with Gasteiger partial charge in [-0.3, -0.25) is 0 Å². The Morgan fingerprint density at radius 1 is 1.43 bits per heavy atom. The van der Waals surface area contributed by atoms with Crippen molar-refractivity contribution < 1.29 is 4.21 Å². The molecule has 0 amide bonds. The Hall–Kier alpha value is -0.170. The van der Waals surface area contributed by atoms with Gasteiger partial charge in [0.1, 0.15) is 3.70 Å². The highest BCUT2D eigenvalue weighted by atomic mass is 127. The number of halogens is 1. The summed E-state index contributed by atoms with van der Waals surface area (Å²) in [5.41, 5.74) is 0. The number of nitrogens with one attached hydrogen (secondary N) is 1. The first kappa shape index (κ1) is 11.9. The van der Waals surface area contributed by atoms with Crippen molar-refractivity contribution in [3.8, 4) is 0 Å². The van der Waals surface area contributed by atoms with Crippen LogP contribution in [0.25, 0.3) is 0 Å². The molecule has 1 heterocycles. The van der Waals surface area contributed by atoms with Gasteiger partial charge in [0, 0.05) is 10.9 Å². The molecule has 0 aliphatic carbocycles. The van der Waals surface area contributed by atoms with Crippen molar-refractivity contribution in [3.05, 3.63) is 22.0 Å². The number of hydrogen-bond acceptors (Lipinski definition) is 3. The van der Waals surface area contributed by atoms with Crippen LogP contribution in [0.15, 0.2) is 23.2 Å². The molecule has 0 fully saturated rings. The van der Waals surface area contributed by atoms with Crippen LogP contribution in [-0.2, 0) is 9.73 Å². The van der Waals surface area contributed by atoms with Gasteiger partial charge in [-0.1, -0.05) is 0 Å². The van der Waals surface area contributed by atoms with Gasteiger partial charge >= 0.3 is 0 Å². The molecule has 0 saturated carbocycles. The summed E-state index contributed by atoms with van der Waals surface area (Å²) in [6, 6.07) is 3.49. The maximum atomic E-state index is 12.1. The molecular formula is C9H13IN2OS. The predicted octanol–water partition coefficient (Wildman–Crippen LogP) is 2.89. The molecule has 0 aromatic carbocycles. The van der Waals surface area contributed by atoms with E-state index in [1.807, 2.05) is 0 Å². The summed E-state index contributed by atoms with van der Waals surface area (Å²) in [7, 11) is -2.76. The Morgan fingerprint density at radius 2 is 2.00 bits per heavy atom. The number of aromatic nitrogens is 1. The molecule has 0 radical (unpaired) electrons. The summed E-state index contributed by atoms with van der Waals surface area (Å²) in [4.78, 5) is 4.55. The molecule has 1 aromatic rings. The third kappa shape index (κ3) is 2.25. The molecule has 1 rings (SSSR count). The molecule has 0 bridgehead atoms. The van der Waals surface area contributed by atoms with Crippen molar-refractivity contribution in [2.24, 2.45) is 0 Å². The van der Waals surface area contributed by atoms with Gasteiger partial charge in [-0.05, 0) is 55.5 Å². The van der Waals surface area contributed by atoms with Crippen molar-refractivity contribution >= 4 is 32.3 Å². The van der Waals surface area contributed by atoms with Crippen LogP contribution in [0.2, 0.25) is 0 Å². The van der Waals surface area contributed by atoms with Gasteiger partial charge in [-0.2, -0.15) is 0 Å². The maximum absolute atomic E-state index is 12.1. The average Bonchev–Trinajstić information content (AvgIpc) is 2.03. The third-order valence-electron chi connectivity index (χ3n) is 1.89. The normalized spacial score (nSPS) is 16.3. The van der Waals surface area contributed by atoms with Crippen molar-refractivity contribution in [2.75, 3.05) is 0 Å². The fraction of sp³-hybridized carbons (Fsp3) is 0.444. The first-order chi connectivity index (χ1) is 6.25. The second-order valence-electron chi connectivity index (χ2n) is 3.99. The molecule has 78 valence electrons. The lowest BCUT2D eigenvalue weighted by Gasteiger charge is -2.22. The lowest BCUT2D eigenvalue weighted by molar-refractivity contribution is 0.636. The predicted molar refractivity (Wildman–Crippen MR) is 65.8 cm³/mol. The molecule has 0 saturated heterocycles. The second kappa shape index (κ2) is 3.77. The van der Waals surface area contributed by atoms with E-state index in [1.54, 1.807) is 32.9 Å². The largest absolute Gasteiger partial charge is 0.249 e. The first-order valence-electron chi connectivity index (χ1n) is 4.15. The average molecular weight is 324 g/mol. The van der Waals surface area contributed by atoms with Crippen LogP contribution in [0.1, 0.15) is 20.8 Å². The minimum Gasteiger partial charge on any atom is -0.249 e. The SMILES string of the molecule is CC(C)(C)S(=N)(=O)c1ccc(I)nc1. The van der Waals surface area contributed by atoms with Gasteiger partial charge in [-0.15, -0.1) is 0 Å². The Labute approximate surface area is 98.4 Å². The van der Waals surface area contributed by atoms with E-state index >= 15 is 0 Å². The number of rotatable bonds is 1. The molecular weight excluding hydrogens is 311 g/mol. The summed E-state index contributed by atoms with van der Waals surface area (Å²) in [5, 5.41) is 0. The van der Waals surface area contributed by atoms with Crippen LogP contribution in [0, 0.1) is 8.48 Å². The molecule has 1 aromatic heterocycles. The van der Waals surface area contributed by atoms with Crippen LogP contribution < -0.4 is 0 Å². The van der Waals surface area contributed by atoms with E-state index in [9.17, 15) is 4.21 Å². The highest BCUT2D eigenvalue weighted by Gasteiger charge is 2.27. The van der Waals surface area contributed by atoms with Gasteiger partial charge in [0.25, 0.3) is 0 Å². The van der Waals surface area contributed by atoms with E-state index in [0.717, 1.165) is 3.70 Å². The van der Waals surface area contributed by atoms with E-state index in [-0.39, 0.29) is 0 Å². The minimum atomic E-state index is -2.76. The van der Waals surface area contributed by atoms with E-state index in [2.05, 4.69) is 27.6 Å². The zero-order chi connectivity index (χ0) is 11.0. The Balaban J connectivity index is 3.25. The summed E-state index contributed by atoms with van der Waals surface area (Å²) in [5.74, 6) is 0. The van der Waals surface area contributed by atoms with Crippen molar-refractivity contribution in [1.82, 2.24) is 4.98 Å². The molecule has 1 unspecified atom stereocenters. The van der Waals surface area contributed by atoms with Gasteiger partial charge in [0.15, 0.2) is 0 Å². The lowest BCUT2D eigenvalue weighted by Crippen LogP contribution is -2.26. The van der Waals surface area contributed by atoms with Crippen LogP contribution in [-0.4, -0.2) is 13.9 Å². The summed E-state index contributed by atoms with van der Waals surface area (Å²) in [6.07, 6.45) is 1.53. The number of hydrogen-bond donors (Lipinski definition) is 1. The van der Waals surface area contributed by atoms with Crippen LogP contribution in [0.5, 0.6) is 0 Å². The zero-order valence-corrected chi connectivity index (χ0v) is 11.3. The lowest BCUT2D eigenvalue weighted by atomic mass is 10.3. The molecule has 5 heteroatoms. The van der Waals surface area contributed by atoms with Crippen LogP contribution >= 0.6 is 22.6 Å². The van der Waals surface area contributed by atoms with Crippen LogP contribution in [0.3, 0.4) is 0 Å². The standard InChI is InChI=1S/C9H13IN2OS/c1-9(2,3)14(11,13)7-4-5-8(10)12-6-7/h4-6,11H,1-3H3. The monoisotopic (exact) mass is 324 g/mol. The molecule has 0 spiro atoms. The van der Waals surface area contributed by atoms with E-state index in [1.165, 1.54) is 6.20 Å². The van der Waals surface area contributed by atoms with E-state index in [4.69, 9.17) is 4.78 Å².